The van der Waals surface area contributed by atoms with E-state index in [1.165, 1.54) is 17.4 Å². The molecule has 4 rings (SSSR count). The average Bonchev–Trinajstić information content (AvgIpc) is 3.38. The van der Waals surface area contributed by atoms with Crippen LogP contribution in [-0.2, 0) is 4.79 Å². The molecule has 0 saturated heterocycles. The molecule has 11 heteroatoms. The molecule has 0 aliphatic carbocycles. The Labute approximate surface area is 198 Å². The second kappa shape index (κ2) is 9.92. The van der Waals surface area contributed by atoms with E-state index in [0.29, 0.717) is 46.4 Å². The largest absolute Gasteiger partial charge is 0.491 e. The second-order valence-electron chi connectivity index (χ2n) is 7.21. The fraction of sp³-hybridized carbons (Fsp3) is 0.182. The Hall–Kier alpha value is -3.57. The van der Waals surface area contributed by atoms with E-state index in [0.717, 1.165) is 10.2 Å². The molecule has 0 bridgehead atoms. The topological polar surface area (TPSA) is 129 Å². The molecule has 2 aromatic heterocycles. The van der Waals surface area contributed by atoms with Crippen LogP contribution in [-0.4, -0.2) is 38.9 Å². The number of hydrogen-bond donors (Lipinski definition) is 4. The van der Waals surface area contributed by atoms with Crippen LogP contribution in [0.3, 0.4) is 0 Å². The average molecular weight is 485 g/mol. The van der Waals surface area contributed by atoms with Crippen LogP contribution in [0.25, 0.3) is 21.5 Å². The summed E-state index contributed by atoms with van der Waals surface area (Å²) in [6.45, 7) is 0.354. The van der Waals surface area contributed by atoms with Gasteiger partial charge in [-0.2, -0.15) is 0 Å². The van der Waals surface area contributed by atoms with Crippen molar-refractivity contribution in [3.05, 3.63) is 48.5 Å². The highest BCUT2D eigenvalue weighted by atomic mass is 32.2. The number of urea groups is 1. The van der Waals surface area contributed by atoms with Gasteiger partial charge in [0.2, 0.25) is 0 Å². The summed E-state index contributed by atoms with van der Waals surface area (Å²) >= 11 is 5.71. The first kappa shape index (κ1) is 22.6. The van der Waals surface area contributed by atoms with Crippen LogP contribution in [0.1, 0.15) is 19.3 Å². The zero-order chi connectivity index (χ0) is 23.4. The van der Waals surface area contributed by atoms with Crippen LogP contribution in [0.2, 0.25) is 0 Å². The number of hydrogen-bond acceptors (Lipinski definition) is 8. The van der Waals surface area contributed by atoms with E-state index in [4.69, 9.17) is 9.63 Å². The van der Waals surface area contributed by atoms with Crippen LogP contribution >= 0.6 is 24.0 Å². The summed E-state index contributed by atoms with van der Waals surface area (Å²) in [5, 5.41) is 24.6. The molecule has 0 saturated carbocycles. The van der Waals surface area contributed by atoms with Crippen molar-refractivity contribution in [2.45, 2.75) is 23.6 Å². The molecular weight excluding hydrogens is 464 g/mol. The third kappa shape index (κ3) is 5.62. The number of benzene rings is 2. The number of thiazole rings is 1. The number of aromatic hydroxyl groups is 1. The molecule has 170 valence electrons. The Balaban J connectivity index is 1.52. The fourth-order valence-corrected chi connectivity index (χ4v) is 4.42. The highest BCUT2D eigenvalue weighted by molar-refractivity contribution is 7.82. The Bertz CT molecular complexity index is 1290. The maximum atomic E-state index is 13.2. The van der Waals surface area contributed by atoms with Crippen LogP contribution in [0.5, 0.6) is 5.88 Å². The quantitative estimate of drug-likeness (QED) is 0.199. The van der Waals surface area contributed by atoms with Crippen molar-refractivity contribution < 1.29 is 24.3 Å². The fourth-order valence-electron chi connectivity index (χ4n) is 3.27. The van der Waals surface area contributed by atoms with E-state index in [1.54, 1.807) is 29.2 Å². The van der Waals surface area contributed by atoms with Crippen molar-refractivity contribution in [3.63, 3.8) is 0 Å². The Morgan fingerprint density at radius 3 is 2.61 bits per heavy atom. The summed E-state index contributed by atoms with van der Waals surface area (Å²) < 4.78 is 6.57. The first-order chi connectivity index (χ1) is 15.9. The van der Waals surface area contributed by atoms with Gasteiger partial charge in [-0.1, -0.05) is 0 Å². The van der Waals surface area contributed by atoms with Gasteiger partial charge in [-0.15, -0.1) is 24.0 Å². The smallest absolute Gasteiger partial charge is 0.326 e. The molecule has 3 N–H and O–H groups in total. The number of amides is 2. The molecule has 0 radical (unpaired) electrons. The molecule has 2 heterocycles. The van der Waals surface area contributed by atoms with Crippen molar-refractivity contribution in [2.24, 2.45) is 0 Å². The van der Waals surface area contributed by atoms with Gasteiger partial charge in [0.25, 0.3) is 5.88 Å². The van der Waals surface area contributed by atoms with Gasteiger partial charge < -0.3 is 20.1 Å². The molecular formula is C22H20N4O5S2. The molecule has 0 spiro atoms. The number of thiol groups is 1. The lowest BCUT2D eigenvalue weighted by Gasteiger charge is -2.23. The van der Waals surface area contributed by atoms with E-state index in [1.807, 2.05) is 18.2 Å². The van der Waals surface area contributed by atoms with Gasteiger partial charge in [0.1, 0.15) is 4.34 Å². The minimum Gasteiger partial charge on any atom is -0.491 e. The minimum atomic E-state index is -0.862. The maximum absolute atomic E-state index is 13.2. The predicted octanol–water partition coefficient (Wildman–Crippen LogP) is 5.24. The van der Waals surface area contributed by atoms with Crippen molar-refractivity contribution in [3.8, 4) is 17.2 Å². The standard InChI is InChI=1S/C22H20N4O5S2/c27-19-12-17(31-25-19)13-4-6-14(7-5-13)23-21(30)26(10-2-1-3-20(28)29)15-8-9-16-18(11-15)33-22(32)24-16/h4-9,11-12H,1-3,10H2,(H,23,30)(H,24,32)(H,25,27)(H,28,29). The Kier molecular flexibility index (Phi) is 6.80. The van der Waals surface area contributed by atoms with Crippen molar-refractivity contribution >= 4 is 57.6 Å². The van der Waals surface area contributed by atoms with E-state index >= 15 is 0 Å². The van der Waals surface area contributed by atoms with E-state index in [2.05, 4.69) is 28.1 Å². The van der Waals surface area contributed by atoms with Gasteiger partial charge in [0.15, 0.2) is 5.76 Å². The molecule has 0 unspecified atom stereocenters. The monoisotopic (exact) mass is 484 g/mol. The van der Waals surface area contributed by atoms with Crippen LogP contribution < -0.4 is 10.2 Å². The number of aliphatic carboxylic acids is 1. The highest BCUT2D eigenvalue weighted by Gasteiger charge is 2.18. The third-order valence-electron chi connectivity index (χ3n) is 4.86. The van der Waals surface area contributed by atoms with E-state index in [9.17, 15) is 14.7 Å². The summed E-state index contributed by atoms with van der Waals surface area (Å²) in [6, 6.07) is 13.5. The maximum Gasteiger partial charge on any atom is 0.326 e. The number of carbonyl (C=O) groups is 2. The van der Waals surface area contributed by atoms with Gasteiger partial charge in [0, 0.05) is 36.0 Å². The second-order valence-corrected chi connectivity index (χ2v) is 8.96. The zero-order valence-electron chi connectivity index (χ0n) is 17.3. The molecule has 0 atom stereocenters. The van der Waals surface area contributed by atoms with Gasteiger partial charge in [-0.3, -0.25) is 9.69 Å². The lowest BCUT2D eigenvalue weighted by molar-refractivity contribution is -0.137. The highest BCUT2D eigenvalue weighted by Crippen LogP contribution is 2.30. The van der Waals surface area contributed by atoms with Gasteiger partial charge >= 0.3 is 12.0 Å². The van der Waals surface area contributed by atoms with E-state index < -0.39 is 5.97 Å². The van der Waals surface area contributed by atoms with Crippen LogP contribution in [0.4, 0.5) is 16.2 Å². The molecule has 2 amide bonds. The van der Waals surface area contributed by atoms with Gasteiger partial charge in [-0.25, -0.2) is 9.78 Å². The van der Waals surface area contributed by atoms with Gasteiger partial charge in [-0.05, 0) is 60.5 Å². The number of anilines is 2. The zero-order valence-corrected chi connectivity index (χ0v) is 19.0. The van der Waals surface area contributed by atoms with E-state index in [-0.39, 0.29) is 18.3 Å². The normalized spacial score (nSPS) is 10.9. The van der Waals surface area contributed by atoms with Crippen molar-refractivity contribution in [1.29, 1.82) is 0 Å². The Morgan fingerprint density at radius 2 is 1.91 bits per heavy atom. The number of fused-ring (bicyclic) bond motifs is 1. The van der Waals surface area contributed by atoms with Crippen molar-refractivity contribution in [1.82, 2.24) is 10.1 Å². The molecule has 33 heavy (non-hydrogen) atoms. The number of rotatable bonds is 8. The molecule has 2 aromatic carbocycles. The minimum absolute atomic E-state index is 0.0466. The molecule has 0 aliphatic rings. The number of unbranched alkanes of at least 4 members (excludes halogenated alkanes) is 1. The number of carbonyl (C=O) groups excluding carboxylic acids is 1. The SMILES string of the molecule is O=C(O)CCCCN(C(=O)Nc1ccc(-c2cc(O)no2)cc1)c1ccc2nc(S)sc2c1. The summed E-state index contributed by atoms with van der Waals surface area (Å²) in [7, 11) is 0. The number of carboxylic acid groups (broad SMARTS) is 1. The molecule has 0 fully saturated rings. The summed E-state index contributed by atoms with van der Waals surface area (Å²) in [5.74, 6) is -0.658. The number of nitrogens with zero attached hydrogens (tertiary/aromatic N) is 3. The lowest BCUT2D eigenvalue weighted by Crippen LogP contribution is -2.35. The van der Waals surface area contributed by atoms with Gasteiger partial charge in [0.05, 0.1) is 10.2 Å². The Morgan fingerprint density at radius 1 is 1.12 bits per heavy atom. The predicted molar refractivity (Wildman–Crippen MR) is 128 cm³/mol. The number of aromatic nitrogens is 2. The summed E-state index contributed by atoms with van der Waals surface area (Å²) in [5.41, 5.74) is 2.75. The summed E-state index contributed by atoms with van der Waals surface area (Å²) in [6.07, 6.45) is 1.04. The first-order valence-corrected chi connectivity index (χ1v) is 11.3. The lowest BCUT2D eigenvalue weighted by atomic mass is 10.1. The van der Waals surface area contributed by atoms with Crippen LogP contribution in [0.15, 0.2) is 57.4 Å². The third-order valence-corrected chi connectivity index (χ3v) is 6.05. The number of carboxylic acids is 1. The molecule has 0 aliphatic heterocycles. The summed E-state index contributed by atoms with van der Waals surface area (Å²) in [4.78, 5) is 29.9. The van der Waals surface area contributed by atoms with Crippen LogP contribution in [0, 0.1) is 0 Å². The molecule has 4 aromatic rings. The van der Waals surface area contributed by atoms with Crippen molar-refractivity contribution in [2.75, 3.05) is 16.8 Å². The molecule has 9 nitrogen and oxygen atoms in total. The number of nitrogens with one attached hydrogen (secondary N) is 1. The first-order valence-electron chi connectivity index (χ1n) is 10.0.